The van der Waals surface area contributed by atoms with Crippen molar-refractivity contribution in [2.75, 3.05) is 11.4 Å². The fourth-order valence-corrected chi connectivity index (χ4v) is 3.05. The van der Waals surface area contributed by atoms with Gasteiger partial charge >= 0.3 is 0 Å². The Bertz CT molecular complexity index is 604. The summed E-state index contributed by atoms with van der Waals surface area (Å²) in [7, 11) is 0. The Morgan fingerprint density at radius 3 is 2.70 bits per heavy atom. The Kier molecular flexibility index (Phi) is 3.75. The number of hydrogen-bond donors (Lipinski definition) is 1. The predicted octanol–water partition coefficient (Wildman–Crippen LogP) is 3.41. The summed E-state index contributed by atoms with van der Waals surface area (Å²) in [6, 6.07) is 15.4. The van der Waals surface area contributed by atoms with Gasteiger partial charge in [-0.2, -0.15) is 0 Å². The maximum absolute atomic E-state index is 5.91. The molecule has 1 heterocycles. The van der Waals surface area contributed by atoms with Gasteiger partial charge in [-0.3, -0.25) is 0 Å². The van der Waals surface area contributed by atoms with Crippen LogP contribution in [0.15, 0.2) is 42.5 Å². The van der Waals surface area contributed by atoms with Gasteiger partial charge in [-0.15, -0.1) is 0 Å². The zero-order valence-electron chi connectivity index (χ0n) is 12.1. The lowest BCUT2D eigenvalue weighted by molar-refractivity contribution is 0.760. The molecule has 2 aromatic rings. The lowest BCUT2D eigenvalue weighted by Gasteiger charge is -2.26. The van der Waals surface area contributed by atoms with Crippen LogP contribution < -0.4 is 10.6 Å². The average Bonchev–Trinajstić information content (AvgIpc) is 2.69. The number of rotatable bonds is 2. The van der Waals surface area contributed by atoms with Crippen LogP contribution >= 0.6 is 0 Å². The molecule has 2 nitrogen and oxygen atoms in total. The smallest absolute Gasteiger partial charge is 0.0432 e. The number of fused-ring (bicyclic) bond motifs is 1. The van der Waals surface area contributed by atoms with Gasteiger partial charge in [0.15, 0.2) is 0 Å². The highest BCUT2D eigenvalue weighted by Crippen LogP contribution is 2.27. The van der Waals surface area contributed by atoms with E-state index in [0.717, 1.165) is 13.1 Å². The van der Waals surface area contributed by atoms with Crippen molar-refractivity contribution in [1.29, 1.82) is 0 Å². The van der Waals surface area contributed by atoms with Crippen LogP contribution in [0, 0.1) is 6.92 Å². The van der Waals surface area contributed by atoms with Crippen LogP contribution in [-0.2, 0) is 19.5 Å². The van der Waals surface area contributed by atoms with Crippen molar-refractivity contribution >= 4 is 5.69 Å². The first-order valence-corrected chi connectivity index (χ1v) is 7.39. The topological polar surface area (TPSA) is 29.3 Å². The third kappa shape index (κ3) is 2.56. The molecule has 1 aliphatic rings. The number of nitrogens with two attached hydrogens (primary N) is 1. The SMILES string of the molecule is Cc1ccc(CN)c(N2CCCc3ccccc3C2)c1. The van der Waals surface area contributed by atoms with Crippen molar-refractivity contribution in [2.45, 2.75) is 32.9 Å². The van der Waals surface area contributed by atoms with E-state index in [1.54, 1.807) is 0 Å². The third-order valence-corrected chi connectivity index (χ3v) is 4.16. The van der Waals surface area contributed by atoms with Crippen molar-refractivity contribution in [3.63, 3.8) is 0 Å². The Morgan fingerprint density at radius 1 is 1.10 bits per heavy atom. The van der Waals surface area contributed by atoms with Crippen LogP contribution in [-0.4, -0.2) is 6.54 Å². The van der Waals surface area contributed by atoms with Crippen LogP contribution in [0.2, 0.25) is 0 Å². The highest BCUT2D eigenvalue weighted by atomic mass is 15.1. The van der Waals surface area contributed by atoms with Crippen LogP contribution in [0.25, 0.3) is 0 Å². The highest BCUT2D eigenvalue weighted by molar-refractivity contribution is 5.56. The molecule has 0 aromatic heterocycles. The second-order valence-corrected chi connectivity index (χ2v) is 5.63. The number of hydrogen-bond acceptors (Lipinski definition) is 2. The molecule has 0 atom stereocenters. The summed E-state index contributed by atoms with van der Waals surface area (Å²) in [6.07, 6.45) is 2.38. The molecular weight excluding hydrogens is 244 g/mol. The largest absolute Gasteiger partial charge is 0.367 e. The van der Waals surface area contributed by atoms with Crippen LogP contribution in [0.4, 0.5) is 5.69 Å². The van der Waals surface area contributed by atoms with E-state index in [4.69, 9.17) is 5.73 Å². The fourth-order valence-electron chi connectivity index (χ4n) is 3.05. The van der Waals surface area contributed by atoms with E-state index in [0.29, 0.717) is 6.54 Å². The molecule has 2 heteroatoms. The second kappa shape index (κ2) is 5.68. The molecule has 0 unspecified atom stereocenters. The van der Waals surface area contributed by atoms with Crippen LogP contribution in [0.1, 0.15) is 28.7 Å². The monoisotopic (exact) mass is 266 g/mol. The van der Waals surface area contributed by atoms with E-state index in [1.807, 2.05) is 0 Å². The van der Waals surface area contributed by atoms with Gasteiger partial charge in [0, 0.05) is 25.3 Å². The Labute approximate surface area is 121 Å². The summed E-state index contributed by atoms with van der Waals surface area (Å²) in [5.74, 6) is 0. The van der Waals surface area contributed by atoms with E-state index in [1.165, 1.54) is 40.8 Å². The van der Waals surface area contributed by atoms with E-state index < -0.39 is 0 Å². The summed E-state index contributed by atoms with van der Waals surface area (Å²) in [6.45, 7) is 4.85. The lowest BCUT2D eigenvalue weighted by Crippen LogP contribution is -2.24. The molecule has 1 aliphatic heterocycles. The van der Waals surface area contributed by atoms with Gasteiger partial charge in [-0.1, -0.05) is 36.4 Å². The minimum absolute atomic E-state index is 0.605. The van der Waals surface area contributed by atoms with Crippen molar-refractivity contribution in [1.82, 2.24) is 0 Å². The van der Waals surface area contributed by atoms with Gasteiger partial charge in [0.05, 0.1) is 0 Å². The molecule has 0 aliphatic carbocycles. The first kappa shape index (κ1) is 13.2. The zero-order chi connectivity index (χ0) is 13.9. The Morgan fingerprint density at radius 2 is 1.90 bits per heavy atom. The van der Waals surface area contributed by atoms with Gasteiger partial charge < -0.3 is 10.6 Å². The standard InChI is InChI=1S/C18H22N2/c1-14-8-9-16(12-19)18(11-14)20-10-4-7-15-5-2-3-6-17(15)13-20/h2-3,5-6,8-9,11H,4,7,10,12-13,19H2,1H3. The molecule has 0 radical (unpaired) electrons. The fraction of sp³-hybridized carbons (Fsp3) is 0.333. The van der Waals surface area contributed by atoms with E-state index in [2.05, 4.69) is 54.3 Å². The molecule has 2 aromatic carbocycles. The van der Waals surface area contributed by atoms with Crippen molar-refractivity contribution in [3.8, 4) is 0 Å². The molecular formula is C18H22N2. The summed E-state index contributed by atoms with van der Waals surface area (Å²) in [5.41, 5.74) is 12.7. The van der Waals surface area contributed by atoms with Crippen LogP contribution in [0.5, 0.6) is 0 Å². The second-order valence-electron chi connectivity index (χ2n) is 5.63. The van der Waals surface area contributed by atoms with Crippen molar-refractivity contribution in [3.05, 3.63) is 64.7 Å². The van der Waals surface area contributed by atoms with Gasteiger partial charge in [-0.05, 0) is 48.1 Å². The number of anilines is 1. The Hall–Kier alpha value is -1.80. The van der Waals surface area contributed by atoms with Crippen molar-refractivity contribution in [2.24, 2.45) is 5.73 Å². The highest BCUT2D eigenvalue weighted by Gasteiger charge is 2.16. The summed E-state index contributed by atoms with van der Waals surface area (Å²) in [5, 5.41) is 0. The number of nitrogens with zero attached hydrogens (tertiary/aromatic N) is 1. The molecule has 0 saturated carbocycles. The minimum atomic E-state index is 0.605. The molecule has 0 amide bonds. The third-order valence-electron chi connectivity index (χ3n) is 4.16. The van der Waals surface area contributed by atoms with E-state index in [-0.39, 0.29) is 0 Å². The molecule has 0 saturated heterocycles. The summed E-state index contributed by atoms with van der Waals surface area (Å²) in [4.78, 5) is 2.49. The summed E-state index contributed by atoms with van der Waals surface area (Å²) >= 11 is 0. The molecule has 20 heavy (non-hydrogen) atoms. The van der Waals surface area contributed by atoms with Gasteiger partial charge in [0.25, 0.3) is 0 Å². The molecule has 104 valence electrons. The predicted molar refractivity (Wildman–Crippen MR) is 84.9 cm³/mol. The van der Waals surface area contributed by atoms with Gasteiger partial charge in [-0.25, -0.2) is 0 Å². The Balaban J connectivity index is 1.97. The maximum atomic E-state index is 5.91. The summed E-state index contributed by atoms with van der Waals surface area (Å²) < 4.78 is 0. The molecule has 2 N–H and O–H groups in total. The maximum Gasteiger partial charge on any atom is 0.0432 e. The van der Waals surface area contributed by atoms with Crippen molar-refractivity contribution < 1.29 is 0 Å². The number of benzene rings is 2. The molecule has 3 rings (SSSR count). The normalized spacial score (nSPS) is 14.8. The zero-order valence-corrected chi connectivity index (χ0v) is 12.1. The molecule has 0 spiro atoms. The first-order chi connectivity index (χ1) is 9.78. The number of aryl methyl sites for hydroxylation is 2. The minimum Gasteiger partial charge on any atom is -0.367 e. The lowest BCUT2D eigenvalue weighted by atomic mass is 10.0. The van der Waals surface area contributed by atoms with Crippen LogP contribution in [0.3, 0.4) is 0 Å². The van der Waals surface area contributed by atoms with E-state index in [9.17, 15) is 0 Å². The first-order valence-electron chi connectivity index (χ1n) is 7.39. The van der Waals surface area contributed by atoms with Gasteiger partial charge in [0.2, 0.25) is 0 Å². The van der Waals surface area contributed by atoms with Gasteiger partial charge in [0.1, 0.15) is 0 Å². The quantitative estimate of drug-likeness (QED) is 0.902. The van der Waals surface area contributed by atoms with E-state index >= 15 is 0 Å². The molecule has 0 bridgehead atoms. The average molecular weight is 266 g/mol. The molecule has 0 fully saturated rings.